The molecule has 0 saturated heterocycles. The van der Waals surface area contributed by atoms with Crippen LogP contribution < -0.4 is 4.74 Å². The third-order valence-corrected chi connectivity index (χ3v) is 5.36. The van der Waals surface area contributed by atoms with Crippen molar-refractivity contribution in [3.8, 4) is 17.3 Å². The van der Waals surface area contributed by atoms with Gasteiger partial charge in [0.15, 0.2) is 5.82 Å². The molecule has 142 valence electrons. The second-order valence-corrected chi connectivity index (χ2v) is 7.38. The summed E-state index contributed by atoms with van der Waals surface area (Å²) in [6, 6.07) is 23.8. The molecule has 0 fully saturated rings. The normalized spacial score (nSPS) is 12.5. The molecule has 3 aromatic carbocycles. The summed E-state index contributed by atoms with van der Waals surface area (Å²) < 4.78 is 8.03. The third-order valence-electron chi connectivity index (χ3n) is 5.01. The minimum Gasteiger partial charge on any atom is -0.437 e. The van der Waals surface area contributed by atoms with Crippen molar-refractivity contribution in [1.82, 2.24) is 9.78 Å². The summed E-state index contributed by atoms with van der Waals surface area (Å²) in [6.45, 7) is 2.05. The summed E-state index contributed by atoms with van der Waals surface area (Å²) in [5.41, 5.74) is 4.99. The first-order valence-electron chi connectivity index (χ1n) is 9.43. The fourth-order valence-corrected chi connectivity index (χ4v) is 3.72. The van der Waals surface area contributed by atoms with Crippen molar-refractivity contribution in [1.29, 1.82) is 0 Å². The first-order chi connectivity index (χ1) is 14.2. The van der Waals surface area contributed by atoms with Crippen molar-refractivity contribution in [3.05, 3.63) is 100 Å². The zero-order valence-electron chi connectivity index (χ0n) is 15.8. The maximum absolute atomic E-state index is 6.31. The van der Waals surface area contributed by atoms with E-state index in [1.165, 1.54) is 0 Å². The molecule has 0 radical (unpaired) electrons. The van der Waals surface area contributed by atoms with Gasteiger partial charge in [0.2, 0.25) is 5.88 Å². The maximum Gasteiger partial charge on any atom is 0.244 e. The van der Waals surface area contributed by atoms with E-state index in [1.807, 2.05) is 59.3 Å². The molecular formula is C24H18ClN3O. The van der Waals surface area contributed by atoms with Crippen molar-refractivity contribution in [2.75, 3.05) is 0 Å². The molecule has 2 heterocycles. The van der Waals surface area contributed by atoms with E-state index in [1.54, 1.807) is 6.21 Å². The largest absolute Gasteiger partial charge is 0.437 e. The molecule has 0 unspecified atom stereocenters. The van der Waals surface area contributed by atoms with Gasteiger partial charge >= 0.3 is 0 Å². The Labute approximate surface area is 174 Å². The van der Waals surface area contributed by atoms with Gasteiger partial charge in [-0.25, -0.2) is 9.67 Å². The molecule has 0 spiro atoms. The molecule has 4 aromatic rings. The van der Waals surface area contributed by atoms with Crippen LogP contribution in [0.1, 0.15) is 22.3 Å². The fraction of sp³-hybridized carbons (Fsp3) is 0.0833. The van der Waals surface area contributed by atoms with Crippen molar-refractivity contribution >= 4 is 23.6 Å². The minimum absolute atomic E-state index is 0.599. The Hall–Kier alpha value is -3.37. The topological polar surface area (TPSA) is 39.4 Å². The highest BCUT2D eigenvalue weighted by Crippen LogP contribution is 2.42. The predicted octanol–water partition coefficient (Wildman–Crippen LogP) is 6.28. The summed E-state index contributed by atoms with van der Waals surface area (Å²) in [6.07, 6.45) is 2.50. The number of nitrogens with zero attached hydrogens (tertiary/aromatic N) is 3. The highest BCUT2D eigenvalue weighted by atomic mass is 35.5. The quantitative estimate of drug-likeness (QED) is 0.335. The molecule has 1 aromatic heterocycles. The number of aromatic nitrogens is 2. The number of rotatable bonds is 3. The smallest absolute Gasteiger partial charge is 0.244 e. The number of hydrogen-bond acceptors (Lipinski definition) is 3. The summed E-state index contributed by atoms with van der Waals surface area (Å²) >= 11 is 6.31. The van der Waals surface area contributed by atoms with Gasteiger partial charge in [-0.2, -0.15) is 0 Å². The number of hydrogen-bond donors (Lipinski definition) is 0. The van der Waals surface area contributed by atoms with Gasteiger partial charge in [-0.05, 0) is 36.2 Å². The first-order valence-corrected chi connectivity index (χ1v) is 9.81. The highest BCUT2D eigenvalue weighted by molar-refractivity contribution is 6.33. The summed E-state index contributed by atoms with van der Waals surface area (Å²) in [5.74, 6) is 2.24. The lowest BCUT2D eigenvalue weighted by molar-refractivity contribution is 0.435. The maximum atomic E-state index is 6.31. The van der Waals surface area contributed by atoms with Crippen LogP contribution in [0.15, 0.2) is 77.8 Å². The molecule has 0 atom stereocenters. The summed E-state index contributed by atoms with van der Waals surface area (Å²) in [5, 5.41) is 5.40. The third kappa shape index (κ3) is 3.22. The minimum atomic E-state index is 0.599. The van der Waals surface area contributed by atoms with E-state index in [2.05, 4.69) is 25.1 Å². The van der Waals surface area contributed by atoms with E-state index < -0.39 is 0 Å². The van der Waals surface area contributed by atoms with E-state index in [-0.39, 0.29) is 0 Å². The average Bonchev–Trinajstić information content (AvgIpc) is 3.10. The standard InChI is InChI=1S/C24H18ClN3O/c1-16-8-7-10-17-14-20-23(26-15-18-9-5-6-13-21(18)25)28(19-11-3-2-4-12-19)27-24(20)29-22(16)17/h2-13,15H,14H2,1H3/b26-15+. The zero-order valence-corrected chi connectivity index (χ0v) is 16.6. The molecule has 29 heavy (non-hydrogen) atoms. The van der Waals surface area contributed by atoms with Crippen LogP contribution in [0.3, 0.4) is 0 Å². The lowest BCUT2D eigenvalue weighted by Gasteiger charge is -2.17. The number of ether oxygens (including phenoxy) is 1. The molecule has 0 N–H and O–H groups in total. The molecule has 0 saturated carbocycles. The van der Waals surface area contributed by atoms with Crippen LogP contribution in [0.5, 0.6) is 11.6 Å². The van der Waals surface area contributed by atoms with E-state index >= 15 is 0 Å². The molecule has 5 rings (SSSR count). The molecule has 5 heteroatoms. The van der Waals surface area contributed by atoms with Crippen LogP contribution in [0.2, 0.25) is 5.02 Å². The highest BCUT2D eigenvalue weighted by Gasteiger charge is 2.27. The van der Waals surface area contributed by atoms with Crippen molar-refractivity contribution in [2.24, 2.45) is 4.99 Å². The van der Waals surface area contributed by atoms with Crippen LogP contribution in [0, 0.1) is 6.92 Å². The number of aryl methyl sites for hydroxylation is 1. The number of halogens is 1. The second-order valence-electron chi connectivity index (χ2n) is 6.98. The number of fused-ring (bicyclic) bond motifs is 2. The van der Waals surface area contributed by atoms with Crippen LogP contribution in [-0.2, 0) is 6.42 Å². The predicted molar refractivity (Wildman–Crippen MR) is 116 cm³/mol. The Morgan fingerprint density at radius 1 is 1.00 bits per heavy atom. The lowest BCUT2D eigenvalue weighted by Crippen LogP contribution is -2.03. The van der Waals surface area contributed by atoms with Gasteiger partial charge < -0.3 is 4.74 Å². The molecule has 1 aliphatic heterocycles. The molecule has 0 aliphatic carbocycles. The number of para-hydroxylation sites is 2. The van der Waals surface area contributed by atoms with E-state index in [4.69, 9.17) is 26.4 Å². The monoisotopic (exact) mass is 399 g/mol. The summed E-state index contributed by atoms with van der Waals surface area (Å²) in [7, 11) is 0. The van der Waals surface area contributed by atoms with Gasteiger partial charge in [0.1, 0.15) is 5.75 Å². The van der Waals surface area contributed by atoms with Gasteiger partial charge in [-0.3, -0.25) is 0 Å². The van der Waals surface area contributed by atoms with Gasteiger partial charge in [0.25, 0.3) is 0 Å². The summed E-state index contributed by atoms with van der Waals surface area (Å²) in [4.78, 5) is 4.79. The van der Waals surface area contributed by atoms with Crippen LogP contribution in [-0.4, -0.2) is 16.0 Å². The van der Waals surface area contributed by atoms with Crippen molar-refractivity contribution < 1.29 is 4.74 Å². The van der Waals surface area contributed by atoms with E-state index in [0.717, 1.165) is 39.5 Å². The molecule has 0 bridgehead atoms. The Morgan fingerprint density at radius 2 is 1.79 bits per heavy atom. The number of benzene rings is 3. The Bertz CT molecular complexity index is 1230. The van der Waals surface area contributed by atoms with Gasteiger partial charge in [-0.1, -0.05) is 66.2 Å². The van der Waals surface area contributed by atoms with Gasteiger partial charge in [0.05, 0.1) is 11.3 Å². The SMILES string of the molecule is Cc1cccc2c1Oc1nn(-c3ccccc3)c(/N=C/c3ccccc3Cl)c1C2. The second kappa shape index (κ2) is 7.22. The lowest BCUT2D eigenvalue weighted by atomic mass is 10.0. The van der Waals surface area contributed by atoms with Crippen LogP contribution in [0.25, 0.3) is 5.69 Å². The molecular weight excluding hydrogens is 382 g/mol. The van der Waals surface area contributed by atoms with Crippen LogP contribution >= 0.6 is 11.6 Å². The number of aliphatic imine (C=N–C) groups is 1. The zero-order chi connectivity index (χ0) is 19.8. The Kier molecular flexibility index (Phi) is 4.41. The molecule has 4 nitrogen and oxygen atoms in total. The van der Waals surface area contributed by atoms with Crippen molar-refractivity contribution in [3.63, 3.8) is 0 Å². The van der Waals surface area contributed by atoms with Gasteiger partial charge in [-0.15, -0.1) is 5.10 Å². The van der Waals surface area contributed by atoms with Crippen LogP contribution in [0.4, 0.5) is 5.82 Å². The van der Waals surface area contributed by atoms with E-state index in [9.17, 15) is 0 Å². The van der Waals surface area contributed by atoms with E-state index in [0.29, 0.717) is 17.3 Å². The molecule has 0 amide bonds. The van der Waals surface area contributed by atoms with Crippen molar-refractivity contribution in [2.45, 2.75) is 13.3 Å². The fourth-order valence-electron chi connectivity index (χ4n) is 3.54. The Morgan fingerprint density at radius 3 is 2.62 bits per heavy atom. The Balaban J connectivity index is 1.65. The average molecular weight is 400 g/mol. The van der Waals surface area contributed by atoms with Gasteiger partial charge in [0, 0.05) is 23.2 Å². The first kappa shape index (κ1) is 17.7. The molecule has 1 aliphatic rings.